The molecule has 0 radical (unpaired) electrons. The predicted octanol–water partition coefficient (Wildman–Crippen LogP) is 2.55. The fraction of sp³-hybridized carbons (Fsp3) is 0.150. The number of rotatable bonds is 4. The fourth-order valence-corrected chi connectivity index (χ4v) is 2.65. The number of anilines is 1. The number of amides is 4. The number of halogens is 1. The molecule has 0 spiro atoms. The van der Waals surface area contributed by atoms with Crippen LogP contribution in [0.2, 0.25) is 0 Å². The third-order valence-corrected chi connectivity index (χ3v) is 4.16. The van der Waals surface area contributed by atoms with Crippen molar-refractivity contribution in [2.24, 2.45) is 0 Å². The molecule has 2 aromatic carbocycles. The Hall–Kier alpha value is -3.48. The highest BCUT2D eigenvalue weighted by molar-refractivity contribution is 6.30. The van der Waals surface area contributed by atoms with Gasteiger partial charge in [-0.1, -0.05) is 24.3 Å². The SMILES string of the molecule is CN(C)c1ccc(/C=C2\C(=O)NC(=O)N(Cc3ccc(F)cc3)C2=O)cc1. The van der Waals surface area contributed by atoms with E-state index in [-0.39, 0.29) is 12.1 Å². The van der Waals surface area contributed by atoms with Gasteiger partial charge in [-0.3, -0.25) is 19.8 Å². The van der Waals surface area contributed by atoms with Gasteiger partial charge in [-0.2, -0.15) is 0 Å². The number of hydrogen-bond acceptors (Lipinski definition) is 4. The van der Waals surface area contributed by atoms with Crippen LogP contribution >= 0.6 is 0 Å². The van der Waals surface area contributed by atoms with Gasteiger partial charge in [0.1, 0.15) is 11.4 Å². The van der Waals surface area contributed by atoms with Crippen molar-refractivity contribution in [1.82, 2.24) is 10.2 Å². The fourth-order valence-electron chi connectivity index (χ4n) is 2.65. The van der Waals surface area contributed by atoms with E-state index in [4.69, 9.17) is 0 Å². The monoisotopic (exact) mass is 367 g/mol. The Morgan fingerprint density at radius 2 is 1.63 bits per heavy atom. The third kappa shape index (κ3) is 4.03. The molecule has 1 saturated heterocycles. The van der Waals surface area contributed by atoms with Crippen LogP contribution in [0.4, 0.5) is 14.9 Å². The van der Waals surface area contributed by atoms with Gasteiger partial charge in [0.2, 0.25) is 0 Å². The van der Waals surface area contributed by atoms with E-state index in [0.717, 1.165) is 10.6 Å². The molecule has 0 saturated carbocycles. The number of barbiturate groups is 1. The Morgan fingerprint density at radius 1 is 1.00 bits per heavy atom. The normalized spacial score (nSPS) is 15.9. The maximum absolute atomic E-state index is 13.0. The second-order valence-corrected chi connectivity index (χ2v) is 6.32. The molecule has 3 rings (SSSR count). The van der Waals surface area contributed by atoms with Crippen LogP contribution in [0.1, 0.15) is 11.1 Å². The van der Waals surface area contributed by atoms with E-state index >= 15 is 0 Å². The molecule has 6 nitrogen and oxygen atoms in total. The molecule has 1 heterocycles. The zero-order valence-corrected chi connectivity index (χ0v) is 14.9. The summed E-state index contributed by atoms with van der Waals surface area (Å²) in [5.41, 5.74) is 2.08. The summed E-state index contributed by atoms with van der Waals surface area (Å²) in [6, 6.07) is 11.9. The Morgan fingerprint density at radius 3 is 2.22 bits per heavy atom. The number of nitrogens with one attached hydrogen (secondary N) is 1. The Labute approximate surface area is 155 Å². The maximum atomic E-state index is 13.0. The van der Waals surface area contributed by atoms with E-state index in [1.54, 1.807) is 12.1 Å². The van der Waals surface area contributed by atoms with Gasteiger partial charge in [0, 0.05) is 19.8 Å². The molecule has 7 heteroatoms. The first kappa shape index (κ1) is 18.3. The Kier molecular flexibility index (Phi) is 5.03. The highest BCUT2D eigenvalue weighted by atomic mass is 19.1. The third-order valence-electron chi connectivity index (χ3n) is 4.16. The van der Waals surface area contributed by atoms with Crippen molar-refractivity contribution in [3.8, 4) is 0 Å². The molecule has 0 aromatic heterocycles. The van der Waals surface area contributed by atoms with Gasteiger partial charge >= 0.3 is 6.03 Å². The number of benzene rings is 2. The molecule has 4 amide bonds. The lowest BCUT2D eigenvalue weighted by Gasteiger charge is -2.26. The van der Waals surface area contributed by atoms with Crippen LogP contribution in [0.5, 0.6) is 0 Å². The second kappa shape index (κ2) is 7.41. The van der Waals surface area contributed by atoms with Crippen molar-refractivity contribution in [3.63, 3.8) is 0 Å². The molecule has 0 unspecified atom stereocenters. The first-order valence-corrected chi connectivity index (χ1v) is 8.26. The van der Waals surface area contributed by atoms with Crippen molar-refractivity contribution >= 4 is 29.6 Å². The molecule has 1 aliphatic rings. The van der Waals surface area contributed by atoms with Gasteiger partial charge in [0.25, 0.3) is 11.8 Å². The Balaban J connectivity index is 1.86. The van der Waals surface area contributed by atoms with Gasteiger partial charge in [0.15, 0.2) is 0 Å². The van der Waals surface area contributed by atoms with E-state index in [1.807, 2.05) is 31.1 Å². The molecule has 1 N–H and O–H groups in total. The van der Waals surface area contributed by atoms with Gasteiger partial charge < -0.3 is 4.90 Å². The lowest BCUT2D eigenvalue weighted by atomic mass is 10.1. The van der Waals surface area contributed by atoms with Gasteiger partial charge in [-0.25, -0.2) is 9.18 Å². The highest BCUT2D eigenvalue weighted by Gasteiger charge is 2.35. The molecule has 1 aliphatic heterocycles. The number of carbonyl (C=O) groups is 3. The van der Waals surface area contributed by atoms with Gasteiger partial charge in [-0.05, 0) is 41.5 Å². The molecule has 27 heavy (non-hydrogen) atoms. The molecular weight excluding hydrogens is 349 g/mol. The van der Waals surface area contributed by atoms with Crippen molar-refractivity contribution in [2.45, 2.75) is 6.54 Å². The van der Waals surface area contributed by atoms with E-state index < -0.39 is 23.7 Å². The number of imide groups is 2. The van der Waals surface area contributed by atoms with Crippen LogP contribution in [0, 0.1) is 5.82 Å². The summed E-state index contributed by atoms with van der Waals surface area (Å²) < 4.78 is 13.0. The molecular formula is C20H18FN3O3. The summed E-state index contributed by atoms with van der Waals surface area (Å²) >= 11 is 0. The van der Waals surface area contributed by atoms with E-state index in [0.29, 0.717) is 11.1 Å². The van der Waals surface area contributed by atoms with E-state index in [9.17, 15) is 18.8 Å². The standard InChI is InChI=1S/C20H18FN3O3/c1-23(2)16-9-5-13(6-10-16)11-17-18(25)22-20(27)24(19(17)26)12-14-3-7-15(21)8-4-14/h3-11H,12H2,1-2H3,(H,22,25,27)/b17-11+. The Bertz CT molecular complexity index is 918. The smallest absolute Gasteiger partial charge is 0.331 e. The second-order valence-electron chi connectivity index (χ2n) is 6.32. The first-order valence-electron chi connectivity index (χ1n) is 8.26. The van der Waals surface area contributed by atoms with Crippen LogP contribution in [-0.4, -0.2) is 36.8 Å². The van der Waals surface area contributed by atoms with Gasteiger partial charge in [0.05, 0.1) is 6.54 Å². The summed E-state index contributed by atoms with van der Waals surface area (Å²) in [5.74, 6) is -1.84. The molecule has 0 atom stereocenters. The molecule has 138 valence electrons. The number of nitrogens with zero attached hydrogens (tertiary/aromatic N) is 2. The van der Waals surface area contributed by atoms with Crippen LogP contribution in [-0.2, 0) is 16.1 Å². The summed E-state index contributed by atoms with van der Waals surface area (Å²) in [5, 5.41) is 2.17. The minimum Gasteiger partial charge on any atom is -0.378 e. The zero-order chi connectivity index (χ0) is 19.6. The number of carbonyl (C=O) groups excluding carboxylic acids is 3. The molecule has 2 aromatic rings. The quantitative estimate of drug-likeness (QED) is 0.666. The highest BCUT2D eigenvalue weighted by Crippen LogP contribution is 2.19. The van der Waals surface area contributed by atoms with Crippen molar-refractivity contribution in [2.75, 3.05) is 19.0 Å². The molecule has 1 fully saturated rings. The zero-order valence-electron chi connectivity index (χ0n) is 14.9. The lowest BCUT2D eigenvalue weighted by molar-refractivity contribution is -0.130. The number of hydrogen-bond donors (Lipinski definition) is 1. The average molecular weight is 367 g/mol. The first-order chi connectivity index (χ1) is 12.8. The van der Waals surface area contributed by atoms with Crippen molar-refractivity contribution in [3.05, 3.63) is 71.0 Å². The summed E-state index contributed by atoms with van der Waals surface area (Å²) in [6.07, 6.45) is 1.45. The van der Waals surface area contributed by atoms with Crippen molar-refractivity contribution in [1.29, 1.82) is 0 Å². The predicted molar refractivity (Wildman–Crippen MR) is 99.2 cm³/mol. The average Bonchev–Trinajstić information content (AvgIpc) is 2.64. The van der Waals surface area contributed by atoms with Crippen LogP contribution in [0.3, 0.4) is 0 Å². The lowest BCUT2D eigenvalue weighted by Crippen LogP contribution is -2.53. The minimum absolute atomic E-state index is 0.0604. The van der Waals surface area contributed by atoms with Crippen molar-refractivity contribution < 1.29 is 18.8 Å². The summed E-state index contributed by atoms with van der Waals surface area (Å²) in [6.45, 7) is -0.0604. The minimum atomic E-state index is -0.797. The summed E-state index contributed by atoms with van der Waals surface area (Å²) in [7, 11) is 3.81. The summed E-state index contributed by atoms with van der Waals surface area (Å²) in [4.78, 5) is 39.7. The molecule has 0 bridgehead atoms. The van der Waals surface area contributed by atoms with E-state index in [1.165, 1.54) is 30.3 Å². The largest absolute Gasteiger partial charge is 0.378 e. The molecule has 0 aliphatic carbocycles. The maximum Gasteiger partial charge on any atom is 0.331 e. The van der Waals surface area contributed by atoms with Gasteiger partial charge in [-0.15, -0.1) is 0 Å². The number of urea groups is 1. The van der Waals surface area contributed by atoms with Crippen LogP contribution < -0.4 is 10.2 Å². The topological polar surface area (TPSA) is 69.7 Å². The van der Waals surface area contributed by atoms with Crippen LogP contribution in [0.15, 0.2) is 54.1 Å². The van der Waals surface area contributed by atoms with Crippen LogP contribution in [0.25, 0.3) is 6.08 Å². The van der Waals surface area contributed by atoms with E-state index in [2.05, 4.69) is 5.32 Å².